The Morgan fingerprint density at radius 3 is 2.66 bits per heavy atom. The van der Waals surface area contributed by atoms with Gasteiger partial charge in [0.1, 0.15) is 11.9 Å². The third-order valence-electron chi connectivity index (χ3n) is 6.21. The lowest BCUT2D eigenvalue weighted by molar-refractivity contribution is 0.0180. The van der Waals surface area contributed by atoms with E-state index in [1.807, 2.05) is 4.90 Å². The van der Waals surface area contributed by atoms with E-state index in [1.54, 1.807) is 0 Å². The molecule has 0 bridgehead atoms. The number of nitrogens with zero attached hydrogens (tertiary/aromatic N) is 2. The topological polar surface area (TPSA) is 93.3 Å². The first-order valence-corrected chi connectivity index (χ1v) is 9.88. The van der Waals surface area contributed by atoms with Gasteiger partial charge in [-0.1, -0.05) is 0 Å². The van der Waals surface area contributed by atoms with Crippen molar-refractivity contribution in [3.63, 3.8) is 0 Å². The van der Waals surface area contributed by atoms with Crippen molar-refractivity contribution in [2.24, 2.45) is 11.7 Å². The molecule has 4 atom stereocenters. The highest BCUT2D eigenvalue weighted by molar-refractivity contribution is 5.58. The lowest BCUT2D eigenvalue weighted by Crippen LogP contribution is -2.46. The quantitative estimate of drug-likeness (QED) is 0.737. The van der Waals surface area contributed by atoms with Gasteiger partial charge in [-0.3, -0.25) is 19.2 Å². The van der Waals surface area contributed by atoms with E-state index < -0.39 is 48.1 Å². The number of hydrogen-bond acceptors (Lipinski definition) is 5. The van der Waals surface area contributed by atoms with Crippen LogP contribution in [0.1, 0.15) is 49.1 Å². The van der Waals surface area contributed by atoms with E-state index in [0.29, 0.717) is 25.2 Å². The number of likely N-dealkylation sites (tertiary alicyclic amines) is 1. The number of ether oxygens (including phenoxy) is 1. The summed E-state index contributed by atoms with van der Waals surface area (Å²) >= 11 is 0. The van der Waals surface area contributed by atoms with Crippen molar-refractivity contribution in [1.82, 2.24) is 14.5 Å². The lowest BCUT2D eigenvalue weighted by atomic mass is 9.93. The predicted octanol–water partition coefficient (Wildman–Crippen LogP) is 1.56. The maximum Gasteiger partial charge on any atom is 0.328 e. The van der Waals surface area contributed by atoms with E-state index >= 15 is 4.39 Å². The molecule has 160 valence electrons. The average molecular weight is 414 g/mol. The van der Waals surface area contributed by atoms with Crippen LogP contribution in [-0.2, 0) is 4.74 Å². The van der Waals surface area contributed by atoms with Crippen LogP contribution in [0.4, 0.5) is 13.2 Å². The van der Waals surface area contributed by atoms with Crippen LogP contribution in [0.15, 0.2) is 15.4 Å². The van der Waals surface area contributed by atoms with Gasteiger partial charge in [0.25, 0.3) is 5.56 Å². The number of aromatic nitrogens is 2. The summed E-state index contributed by atoms with van der Waals surface area (Å²) in [6.07, 6.45) is -0.376. The van der Waals surface area contributed by atoms with Crippen molar-refractivity contribution >= 4 is 6.08 Å². The molecule has 2 heterocycles. The Balaban J connectivity index is 1.68. The number of hydrogen-bond donors (Lipinski definition) is 2. The van der Waals surface area contributed by atoms with Crippen molar-refractivity contribution in [3.8, 4) is 0 Å². The van der Waals surface area contributed by atoms with Crippen LogP contribution in [0.5, 0.6) is 0 Å². The second-order valence-corrected chi connectivity index (χ2v) is 8.12. The smallest absolute Gasteiger partial charge is 0.328 e. The zero-order valence-corrected chi connectivity index (χ0v) is 16.1. The summed E-state index contributed by atoms with van der Waals surface area (Å²) < 4.78 is 47.6. The van der Waals surface area contributed by atoms with Gasteiger partial charge >= 0.3 is 5.69 Å². The zero-order chi connectivity index (χ0) is 20.9. The second kappa shape index (κ2) is 7.73. The number of H-pyrrole nitrogens is 1. The molecule has 0 amide bonds. The van der Waals surface area contributed by atoms with Crippen LogP contribution in [0.25, 0.3) is 6.08 Å². The molecular formula is C19H25F3N4O3. The first kappa shape index (κ1) is 20.4. The van der Waals surface area contributed by atoms with Gasteiger partial charge in [0.2, 0.25) is 6.43 Å². The second-order valence-electron chi connectivity index (χ2n) is 8.12. The number of fused-ring (bicyclic) bond motifs is 1. The van der Waals surface area contributed by atoms with E-state index in [0.717, 1.165) is 12.8 Å². The molecule has 29 heavy (non-hydrogen) atoms. The molecule has 1 saturated carbocycles. The molecule has 0 aromatic carbocycles. The third-order valence-corrected chi connectivity index (χ3v) is 6.21. The molecule has 3 N–H and O–H groups in total. The van der Waals surface area contributed by atoms with Gasteiger partial charge in [0.05, 0.1) is 17.3 Å². The molecule has 1 aliphatic heterocycles. The number of methoxy groups -OCH3 is 1. The fraction of sp³-hybridized carbons (Fsp3) is 0.684. The standard InChI is InChI=1S/C19H25F3N4O3/c1-29-17-15-11(18(27)24-19(28)26(15)10-2-3-10)6-12(20)16(17)25-5-4-9(8-25)13(23)7-14(21)22/h6,9-10,13-14,16-17H,2-5,7-8,23H2,1H3,(H,24,27,28). The van der Waals surface area contributed by atoms with Crippen molar-refractivity contribution in [3.05, 3.63) is 37.9 Å². The summed E-state index contributed by atoms with van der Waals surface area (Å²) in [5, 5.41) is 0. The largest absolute Gasteiger partial charge is 0.373 e. The third kappa shape index (κ3) is 3.69. The van der Waals surface area contributed by atoms with Crippen LogP contribution in [0.3, 0.4) is 0 Å². The minimum Gasteiger partial charge on any atom is -0.373 e. The summed E-state index contributed by atoms with van der Waals surface area (Å²) in [5.74, 6) is -0.723. The Kier molecular flexibility index (Phi) is 5.43. The Bertz CT molecular complexity index is 924. The highest BCUT2D eigenvalue weighted by atomic mass is 19.3. The number of aromatic amines is 1. The van der Waals surface area contributed by atoms with Crippen LogP contribution in [0, 0.1) is 5.92 Å². The van der Waals surface area contributed by atoms with Crippen LogP contribution in [-0.4, -0.2) is 53.2 Å². The molecule has 0 spiro atoms. The summed E-state index contributed by atoms with van der Waals surface area (Å²) in [6, 6.07) is -1.54. The molecule has 4 rings (SSSR count). The Hall–Kier alpha value is -1.91. The van der Waals surface area contributed by atoms with Gasteiger partial charge in [-0.2, -0.15) is 0 Å². The van der Waals surface area contributed by atoms with Crippen molar-refractivity contribution in [2.75, 3.05) is 20.2 Å². The van der Waals surface area contributed by atoms with E-state index in [1.165, 1.54) is 17.8 Å². The Morgan fingerprint density at radius 2 is 2.03 bits per heavy atom. The molecule has 3 aliphatic rings. The molecule has 7 nitrogen and oxygen atoms in total. The van der Waals surface area contributed by atoms with Crippen LogP contribution >= 0.6 is 0 Å². The minimum atomic E-state index is -2.48. The normalized spacial score (nSPS) is 28.5. The molecule has 1 aromatic rings. The van der Waals surface area contributed by atoms with E-state index in [-0.39, 0.29) is 17.5 Å². The molecule has 2 fully saturated rings. The van der Waals surface area contributed by atoms with Gasteiger partial charge < -0.3 is 10.5 Å². The lowest BCUT2D eigenvalue weighted by Gasteiger charge is -2.37. The molecule has 0 radical (unpaired) electrons. The van der Waals surface area contributed by atoms with Crippen LogP contribution < -0.4 is 17.0 Å². The average Bonchev–Trinajstić information content (AvgIpc) is 3.36. The van der Waals surface area contributed by atoms with Gasteiger partial charge in [-0.25, -0.2) is 18.0 Å². The highest BCUT2D eigenvalue weighted by Gasteiger charge is 2.44. The van der Waals surface area contributed by atoms with Crippen molar-refractivity contribution in [1.29, 1.82) is 0 Å². The molecule has 4 unspecified atom stereocenters. The molecule has 10 heteroatoms. The number of rotatable bonds is 6. The number of nitrogens with two attached hydrogens (primary N) is 1. The van der Waals surface area contributed by atoms with E-state index in [4.69, 9.17) is 10.5 Å². The fourth-order valence-electron chi connectivity index (χ4n) is 4.64. The Morgan fingerprint density at radius 1 is 1.31 bits per heavy atom. The number of halogens is 3. The molecule has 2 aliphatic carbocycles. The monoisotopic (exact) mass is 414 g/mol. The first-order chi connectivity index (χ1) is 13.8. The number of alkyl halides is 2. The fourth-order valence-corrected chi connectivity index (χ4v) is 4.64. The minimum absolute atomic E-state index is 0.0354. The van der Waals surface area contributed by atoms with Crippen molar-refractivity contribution in [2.45, 2.75) is 56.3 Å². The number of nitrogens with one attached hydrogen (secondary N) is 1. The molecular weight excluding hydrogens is 389 g/mol. The maximum absolute atomic E-state index is 15.1. The summed E-state index contributed by atoms with van der Waals surface area (Å²) in [7, 11) is 1.42. The van der Waals surface area contributed by atoms with Gasteiger partial charge in [0.15, 0.2) is 0 Å². The summed E-state index contributed by atoms with van der Waals surface area (Å²) in [6.45, 7) is 0.825. The van der Waals surface area contributed by atoms with Crippen LogP contribution in [0.2, 0.25) is 0 Å². The molecule has 1 saturated heterocycles. The van der Waals surface area contributed by atoms with E-state index in [9.17, 15) is 18.4 Å². The Labute approximate surface area is 165 Å². The van der Waals surface area contributed by atoms with E-state index in [2.05, 4.69) is 4.98 Å². The first-order valence-electron chi connectivity index (χ1n) is 9.88. The molecule has 1 aromatic heterocycles. The van der Waals surface area contributed by atoms with Gasteiger partial charge in [-0.15, -0.1) is 0 Å². The van der Waals surface area contributed by atoms with Gasteiger partial charge in [-0.05, 0) is 37.8 Å². The summed E-state index contributed by atoms with van der Waals surface area (Å²) in [5.41, 5.74) is 5.24. The van der Waals surface area contributed by atoms with Gasteiger partial charge in [0, 0.05) is 32.2 Å². The highest BCUT2D eigenvalue weighted by Crippen LogP contribution is 2.42. The zero-order valence-electron chi connectivity index (χ0n) is 16.1. The maximum atomic E-state index is 15.1. The SMILES string of the molecule is COC1c2c(c(=O)[nH]c(=O)n2C2CC2)C=C(F)C1N1CCC(C(N)CC(F)F)C1. The predicted molar refractivity (Wildman–Crippen MR) is 100 cm³/mol. The summed E-state index contributed by atoms with van der Waals surface area (Å²) in [4.78, 5) is 28.8. The van der Waals surface area contributed by atoms with Crippen molar-refractivity contribution < 1.29 is 17.9 Å².